The van der Waals surface area contributed by atoms with Gasteiger partial charge >= 0.3 is 0 Å². The lowest BCUT2D eigenvalue weighted by Crippen LogP contribution is -2.36. The molecule has 0 spiro atoms. The molecule has 1 amide bonds. The monoisotopic (exact) mass is 464 g/mol. The number of aromatic nitrogens is 3. The zero-order valence-corrected chi connectivity index (χ0v) is 20.1. The molecule has 2 aromatic heterocycles. The smallest absolute Gasteiger partial charge is 0.262 e. The lowest BCUT2D eigenvalue weighted by Gasteiger charge is -2.22. The molecule has 0 saturated heterocycles. The van der Waals surface area contributed by atoms with Gasteiger partial charge in [0.05, 0.1) is 16.6 Å². The first-order valence-corrected chi connectivity index (χ1v) is 13.0. The van der Waals surface area contributed by atoms with Gasteiger partial charge in [-0.2, -0.15) is 0 Å². The number of hydrogen-bond acceptors (Lipinski definition) is 5. The molecule has 0 atom stereocenters. The van der Waals surface area contributed by atoms with Crippen LogP contribution in [0.5, 0.6) is 0 Å². The van der Waals surface area contributed by atoms with Crippen molar-refractivity contribution in [3.63, 3.8) is 0 Å². The van der Waals surface area contributed by atoms with Crippen molar-refractivity contribution in [2.75, 3.05) is 0 Å². The fourth-order valence-electron chi connectivity index (χ4n) is 4.31. The van der Waals surface area contributed by atoms with Gasteiger partial charge in [-0.1, -0.05) is 56.9 Å². The maximum Gasteiger partial charge on any atom is 0.262 e. The number of hydrogen-bond donors (Lipinski definition) is 1. The molecule has 0 bridgehead atoms. The Hall–Kier alpha value is -2.67. The predicted molar refractivity (Wildman–Crippen MR) is 134 cm³/mol. The molecular formula is C26H32N4O2S. The van der Waals surface area contributed by atoms with Crippen LogP contribution in [0.4, 0.5) is 0 Å². The number of amides is 1. The van der Waals surface area contributed by atoms with Gasteiger partial charge in [-0.3, -0.25) is 19.1 Å². The van der Waals surface area contributed by atoms with Crippen molar-refractivity contribution in [2.24, 2.45) is 0 Å². The summed E-state index contributed by atoms with van der Waals surface area (Å²) in [7, 11) is 0. The summed E-state index contributed by atoms with van der Waals surface area (Å²) in [6, 6.07) is 11.3. The van der Waals surface area contributed by atoms with Gasteiger partial charge in [-0.25, -0.2) is 4.98 Å². The molecule has 1 N–H and O–H groups in total. The normalized spacial score (nSPS) is 14.5. The number of nitrogens with zero attached hydrogens (tertiary/aromatic N) is 3. The molecule has 6 nitrogen and oxygen atoms in total. The van der Waals surface area contributed by atoms with Gasteiger partial charge < -0.3 is 5.32 Å². The molecule has 0 aliphatic heterocycles. The van der Waals surface area contributed by atoms with E-state index < -0.39 is 0 Å². The van der Waals surface area contributed by atoms with Crippen LogP contribution >= 0.6 is 11.8 Å². The summed E-state index contributed by atoms with van der Waals surface area (Å²) in [6.07, 6.45) is 10.5. The summed E-state index contributed by atoms with van der Waals surface area (Å²) in [4.78, 5) is 35.4. The van der Waals surface area contributed by atoms with Crippen molar-refractivity contribution in [2.45, 2.75) is 81.8 Å². The highest BCUT2D eigenvalue weighted by atomic mass is 32.2. The van der Waals surface area contributed by atoms with Gasteiger partial charge in [0, 0.05) is 30.1 Å². The standard InChI is InChI=1S/C26H32N4O2S/c1-2-3-9-16-30-25(32)22-14-13-19(24(31)28-20-10-5-4-6-11-20)17-23(22)29-26(30)33-18-21-12-7-8-15-27-21/h7-8,12-15,17,20H,2-6,9-11,16,18H2,1H3,(H,28,31). The molecule has 2 heterocycles. The van der Waals surface area contributed by atoms with Crippen molar-refractivity contribution in [3.8, 4) is 0 Å². The molecule has 1 aromatic carbocycles. The minimum Gasteiger partial charge on any atom is -0.349 e. The molecule has 7 heteroatoms. The summed E-state index contributed by atoms with van der Waals surface area (Å²) < 4.78 is 1.79. The summed E-state index contributed by atoms with van der Waals surface area (Å²) in [5, 5.41) is 4.40. The third-order valence-electron chi connectivity index (χ3n) is 6.18. The average Bonchev–Trinajstić information content (AvgIpc) is 2.85. The zero-order chi connectivity index (χ0) is 23.0. The van der Waals surface area contributed by atoms with E-state index in [1.54, 1.807) is 29.0 Å². The zero-order valence-electron chi connectivity index (χ0n) is 19.3. The Morgan fingerprint density at radius 2 is 2.00 bits per heavy atom. The number of unbranched alkanes of at least 4 members (excludes halogenated alkanes) is 2. The van der Waals surface area contributed by atoms with E-state index in [2.05, 4.69) is 17.2 Å². The molecule has 1 aliphatic rings. The number of fused-ring (bicyclic) bond motifs is 1. The summed E-state index contributed by atoms with van der Waals surface area (Å²) in [6.45, 7) is 2.79. The van der Waals surface area contributed by atoms with Gasteiger partial charge in [0.1, 0.15) is 0 Å². The number of rotatable bonds is 9. The Labute approximate surface area is 199 Å². The fraction of sp³-hybridized carbons (Fsp3) is 0.462. The lowest BCUT2D eigenvalue weighted by molar-refractivity contribution is 0.0928. The highest BCUT2D eigenvalue weighted by Gasteiger charge is 2.18. The summed E-state index contributed by atoms with van der Waals surface area (Å²) in [5.74, 6) is 0.550. The van der Waals surface area contributed by atoms with Crippen molar-refractivity contribution >= 4 is 28.6 Å². The summed E-state index contributed by atoms with van der Waals surface area (Å²) in [5.41, 5.74) is 2.03. The predicted octanol–water partition coefficient (Wildman–Crippen LogP) is 5.34. The molecule has 4 rings (SSSR count). The fourth-order valence-corrected chi connectivity index (χ4v) is 5.25. The second-order valence-electron chi connectivity index (χ2n) is 8.71. The number of carbonyl (C=O) groups is 1. The van der Waals surface area contributed by atoms with E-state index >= 15 is 0 Å². The van der Waals surface area contributed by atoms with Crippen LogP contribution in [0, 0.1) is 0 Å². The molecule has 1 aliphatic carbocycles. The van der Waals surface area contributed by atoms with E-state index in [1.807, 2.05) is 18.2 Å². The van der Waals surface area contributed by atoms with Crippen LogP contribution in [0.1, 0.15) is 74.3 Å². The van der Waals surface area contributed by atoms with Crippen molar-refractivity contribution in [1.82, 2.24) is 19.9 Å². The van der Waals surface area contributed by atoms with Crippen LogP contribution in [-0.4, -0.2) is 26.5 Å². The lowest BCUT2D eigenvalue weighted by atomic mass is 9.95. The highest BCUT2D eigenvalue weighted by Crippen LogP contribution is 2.23. The first-order chi connectivity index (χ1) is 16.2. The number of carbonyl (C=O) groups excluding carboxylic acids is 1. The van der Waals surface area contributed by atoms with Gasteiger partial charge in [0.2, 0.25) is 0 Å². The molecule has 0 unspecified atom stereocenters. The van der Waals surface area contributed by atoms with E-state index in [9.17, 15) is 9.59 Å². The van der Waals surface area contributed by atoms with Crippen molar-refractivity contribution < 1.29 is 4.79 Å². The Kier molecular flexibility index (Phi) is 8.15. The molecule has 0 radical (unpaired) electrons. The van der Waals surface area contributed by atoms with Crippen LogP contribution in [0.2, 0.25) is 0 Å². The van der Waals surface area contributed by atoms with Crippen LogP contribution in [-0.2, 0) is 12.3 Å². The first-order valence-electron chi connectivity index (χ1n) is 12.0. The van der Waals surface area contributed by atoms with Crippen LogP contribution < -0.4 is 10.9 Å². The molecular weight excluding hydrogens is 432 g/mol. The summed E-state index contributed by atoms with van der Waals surface area (Å²) >= 11 is 1.52. The third kappa shape index (κ3) is 6.02. The quantitative estimate of drug-likeness (QED) is 0.263. The second kappa shape index (κ2) is 11.5. The van der Waals surface area contributed by atoms with Gasteiger partial charge in [0.25, 0.3) is 11.5 Å². The average molecular weight is 465 g/mol. The number of nitrogens with one attached hydrogen (secondary N) is 1. The van der Waals surface area contributed by atoms with Gasteiger partial charge in [0.15, 0.2) is 5.16 Å². The van der Waals surface area contributed by atoms with Crippen LogP contribution in [0.25, 0.3) is 10.9 Å². The molecule has 1 fully saturated rings. The van der Waals surface area contributed by atoms with Gasteiger partial charge in [-0.05, 0) is 49.6 Å². The first kappa shape index (κ1) is 23.5. The maximum absolute atomic E-state index is 13.3. The highest BCUT2D eigenvalue weighted by molar-refractivity contribution is 7.98. The maximum atomic E-state index is 13.3. The van der Waals surface area contributed by atoms with Crippen LogP contribution in [0.3, 0.4) is 0 Å². The van der Waals surface area contributed by atoms with E-state index in [0.717, 1.165) is 37.8 Å². The van der Waals surface area contributed by atoms with E-state index in [4.69, 9.17) is 4.98 Å². The molecule has 1 saturated carbocycles. The third-order valence-corrected chi connectivity index (χ3v) is 7.19. The second-order valence-corrected chi connectivity index (χ2v) is 9.65. The Balaban J connectivity index is 1.62. The minimum absolute atomic E-state index is 0.0427. The minimum atomic E-state index is -0.0830. The van der Waals surface area contributed by atoms with Crippen molar-refractivity contribution in [1.29, 1.82) is 0 Å². The van der Waals surface area contributed by atoms with Gasteiger partial charge in [-0.15, -0.1) is 0 Å². The Morgan fingerprint density at radius 3 is 2.76 bits per heavy atom. The largest absolute Gasteiger partial charge is 0.349 e. The van der Waals surface area contributed by atoms with E-state index in [1.165, 1.54) is 31.0 Å². The number of pyridine rings is 1. The van der Waals surface area contributed by atoms with Crippen molar-refractivity contribution in [3.05, 3.63) is 64.2 Å². The Bertz CT molecular complexity index is 1140. The topological polar surface area (TPSA) is 76.9 Å². The Morgan fingerprint density at radius 1 is 1.15 bits per heavy atom. The van der Waals surface area contributed by atoms with E-state index in [-0.39, 0.29) is 17.5 Å². The number of benzene rings is 1. The van der Waals surface area contributed by atoms with E-state index in [0.29, 0.717) is 33.9 Å². The molecule has 3 aromatic rings. The number of thioether (sulfide) groups is 1. The SMILES string of the molecule is CCCCCn1c(SCc2ccccn2)nc2cc(C(=O)NC3CCCCC3)ccc2c1=O. The van der Waals surface area contributed by atoms with Crippen LogP contribution in [0.15, 0.2) is 52.5 Å². The molecule has 33 heavy (non-hydrogen) atoms. The molecule has 174 valence electrons.